The van der Waals surface area contributed by atoms with Gasteiger partial charge in [0.1, 0.15) is 0 Å². The van der Waals surface area contributed by atoms with Crippen molar-refractivity contribution in [3.05, 3.63) is 34.9 Å². The molecule has 1 aromatic carbocycles. The summed E-state index contributed by atoms with van der Waals surface area (Å²) in [6.45, 7) is 0. The Labute approximate surface area is 130 Å². The second kappa shape index (κ2) is 6.18. The third kappa shape index (κ3) is 3.36. The molecule has 3 rings (SSSR count). The highest BCUT2D eigenvalue weighted by atomic mass is 79.9. The fourth-order valence-electron chi connectivity index (χ4n) is 4.25. The topological polar surface area (TPSA) is 0 Å². The number of hydrogen-bond donors (Lipinski definition) is 0. The van der Waals surface area contributed by atoms with E-state index in [1.165, 1.54) is 44.1 Å². The molecule has 0 N–H and O–H groups in total. The van der Waals surface area contributed by atoms with Crippen LogP contribution >= 0.6 is 27.5 Å². The maximum absolute atomic E-state index is 5.95. The molecule has 0 aromatic heterocycles. The van der Waals surface area contributed by atoms with Crippen LogP contribution in [0, 0.1) is 23.7 Å². The summed E-state index contributed by atoms with van der Waals surface area (Å²) in [4.78, 5) is 0. The van der Waals surface area contributed by atoms with E-state index < -0.39 is 0 Å². The monoisotopic (exact) mass is 340 g/mol. The second-order valence-corrected chi connectivity index (χ2v) is 7.61. The van der Waals surface area contributed by atoms with Crippen LogP contribution in [0.5, 0.6) is 0 Å². The lowest BCUT2D eigenvalue weighted by atomic mass is 9.81. The van der Waals surface area contributed by atoms with Gasteiger partial charge in [-0.15, -0.1) is 0 Å². The van der Waals surface area contributed by atoms with E-state index >= 15 is 0 Å². The minimum atomic E-state index is 0.783. The van der Waals surface area contributed by atoms with Crippen molar-refractivity contribution >= 4 is 27.5 Å². The predicted octanol–water partition coefficient (Wildman–Crippen LogP) is 5.72. The first-order chi connectivity index (χ1) is 9.24. The molecule has 1 aromatic rings. The normalized spacial score (nSPS) is 30.7. The van der Waals surface area contributed by atoms with E-state index in [9.17, 15) is 0 Å². The largest absolute Gasteiger partial charge is 0.0925 e. The Morgan fingerprint density at radius 2 is 1.95 bits per heavy atom. The molecular formula is C17H22BrCl. The number of fused-ring (bicyclic) bond motifs is 2. The van der Waals surface area contributed by atoms with Crippen LogP contribution in [-0.2, 0) is 6.42 Å². The van der Waals surface area contributed by atoms with Gasteiger partial charge in [0.25, 0.3) is 0 Å². The molecule has 2 aliphatic carbocycles. The van der Waals surface area contributed by atoms with Crippen molar-refractivity contribution in [2.75, 3.05) is 5.33 Å². The Hall–Kier alpha value is -0.0100. The summed E-state index contributed by atoms with van der Waals surface area (Å²) in [5.74, 6) is 3.91. The lowest BCUT2D eigenvalue weighted by Crippen LogP contribution is -2.17. The first kappa shape index (κ1) is 13.9. The molecule has 2 aliphatic rings. The molecule has 2 saturated carbocycles. The lowest BCUT2D eigenvalue weighted by Gasteiger charge is -2.26. The zero-order chi connectivity index (χ0) is 13.2. The van der Waals surface area contributed by atoms with Gasteiger partial charge in [0.2, 0.25) is 0 Å². The molecule has 2 bridgehead atoms. The summed E-state index contributed by atoms with van der Waals surface area (Å²) in [6.07, 6.45) is 8.66. The maximum atomic E-state index is 5.95. The average Bonchev–Trinajstić information content (AvgIpc) is 3.03. The third-order valence-electron chi connectivity index (χ3n) is 5.18. The van der Waals surface area contributed by atoms with Gasteiger partial charge < -0.3 is 0 Å². The number of halogens is 2. The summed E-state index contributed by atoms with van der Waals surface area (Å²) in [5, 5.41) is 1.97. The van der Waals surface area contributed by atoms with Crippen molar-refractivity contribution in [3.63, 3.8) is 0 Å². The fourth-order valence-corrected chi connectivity index (χ4v) is 4.87. The molecule has 0 nitrogen and oxygen atoms in total. The molecule has 0 aliphatic heterocycles. The molecule has 19 heavy (non-hydrogen) atoms. The summed E-state index contributed by atoms with van der Waals surface area (Å²) >= 11 is 9.68. The van der Waals surface area contributed by atoms with Crippen molar-refractivity contribution in [1.29, 1.82) is 0 Å². The Morgan fingerprint density at radius 3 is 2.53 bits per heavy atom. The molecule has 104 valence electrons. The number of benzene rings is 1. The molecule has 4 atom stereocenters. The van der Waals surface area contributed by atoms with Crippen molar-refractivity contribution < 1.29 is 0 Å². The lowest BCUT2D eigenvalue weighted by molar-refractivity contribution is 0.277. The average molecular weight is 342 g/mol. The van der Waals surface area contributed by atoms with E-state index in [1.54, 1.807) is 0 Å². The second-order valence-electron chi connectivity index (χ2n) is 6.52. The van der Waals surface area contributed by atoms with Crippen LogP contribution in [0.2, 0.25) is 5.02 Å². The van der Waals surface area contributed by atoms with E-state index in [0.29, 0.717) is 0 Å². The van der Waals surface area contributed by atoms with Gasteiger partial charge in [-0.2, -0.15) is 0 Å². The molecule has 2 heteroatoms. The highest BCUT2D eigenvalue weighted by Gasteiger charge is 2.39. The van der Waals surface area contributed by atoms with Crippen molar-refractivity contribution in [1.82, 2.24) is 0 Å². The molecule has 0 heterocycles. The Morgan fingerprint density at radius 1 is 1.16 bits per heavy atom. The Balaban J connectivity index is 1.57. The highest BCUT2D eigenvalue weighted by Crippen LogP contribution is 2.50. The van der Waals surface area contributed by atoms with Crippen molar-refractivity contribution in [2.24, 2.45) is 23.7 Å². The summed E-state index contributed by atoms with van der Waals surface area (Å²) in [7, 11) is 0. The van der Waals surface area contributed by atoms with Crippen LogP contribution in [0.1, 0.15) is 37.7 Å². The van der Waals surface area contributed by atoms with Gasteiger partial charge in [0, 0.05) is 10.4 Å². The minimum Gasteiger partial charge on any atom is -0.0925 e. The van der Waals surface area contributed by atoms with Crippen LogP contribution < -0.4 is 0 Å². The predicted molar refractivity (Wildman–Crippen MR) is 86.0 cm³/mol. The van der Waals surface area contributed by atoms with Crippen molar-refractivity contribution in [3.8, 4) is 0 Å². The van der Waals surface area contributed by atoms with Crippen LogP contribution in [0.25, 0.3) is 0 Å². The molecule has 0 amide bonds. The minimum absolute atomic E-state index is 0.783. The molecule has 2 fully saturated rings. The summed E-state index contributed by atoms with van der Waals surface area (Å²) in [5.41, 5.74) is 1.43. The molecule has 4 unspecified atom stereocenters. The zero-order valence-electron chi connectivity index (χ0n) is 11.3. The molecule has 0 saturated heterocycles. The van der Waals surface area contributed by atoms with E-state index in [1.807, 2.05) is 12.1 Å². The maximum Gasteiger partial charge on any atom is 0.0406 e. The van der Waals surface area contributed by atoms with Gasteiger partial charge >= 0.3 is 0 Å². The summed E-state index contributed by atoms with van der Waals surface area (Å²) in [6, 6.07) is 8.39. The van der Waals surface area contributed by atoms with E-state index in [0.717, 1.165) is 34.0 Å². The van der Waals surface area contributed by atoms with Crippen LogP contribution in [0.15, 0.2) is 24.3 Å². The SMILES string of the molecule is Clc1ccc(CC(CBr)CC2CC3CCC2C3)cc1. The molecule has 0 spiro atoms. The smallest absolute Gasteiger partial charge is 0.0406 e. The first-order valence-corrected chi connectivity index (χ1v) is 9.05. The van der Waals surface area contributed by atoms with E-state index in [2.05, 4.69) is 28.1 Å². The van der Waals surface area contributed by atoms with E-state index in [4.69, 9.17) is 11.6 Å². The van der Waals surface area contributed by atoms with Gasteiger partial charge in [0.05, 0.1) is 0 Å². The van der Waals surface area contributed by atoms with Crippen LogP contribution in [0.4, 0.5) is 0 Å². The van der Waals surface area contributed by atoms with Gasteiger partial charge in [-0.25, -0.2) is 0 Å². The highest BCUT2D eigenvalue weighted by molar-refractivity contribution is 9.09. The van der Waals surface area contributed by atoms with Gasteiger partial charge in [0.15, 0.2) is 0 Å². The standard InChI is InChI=1S/C17H22BrCl/c18-11-14(7-12-2-5-17(19)6-3-12)10-16-9-13-1-4-15(16)8-13/h2-3,5-6,13-16H,1,4,7-11H2. The molecular weight excluding hydrogens is 320 g/mol. The summed E-state index contributed by atoms with van der Waals surface area (Å²) < 4.78 is 0. The Bertz CT molecular complexity index is 414. The first-order valence-electron chi connectivity index (χ1n) is 7.55. The zero-order valence-corrected chi connectivity index (χ0v) is 13.7. The third-order valence-corrected chi connectivity index (χ3v) is 6.34. The fraction of sp³-hybridized carbons (Fsp3) is 0.647. The van der Waals surface area contributed by atoms with Gasteiger partial charge in [-0.1, -0.05) is 46.1 Å². The van der Waals surface area contributed by atoms with Crippen LogP contribution in [0.3, 0.4) is 0 Å². The number of hydrogen-bond acceptors (Lipinski definition) is 0. The van der Waals surface area contributed by atoms with Crippen molar-refractivity contribution in [2.45, 2.75) is 38.5 Å². The van der Waals surface area contributed by atoms with E-state index in [-0.39, 0.29) is 0 Å². The van der Waals surface area contributed by atoms with Gasteiger partial charge in [-0.05, 0) is 73.5 Å². The molecule has 0 radical (unpaired) electrons. The Kier molecular flexibility index (Phi) is 4.54. The quantitative estimate of drug-likeness (QED) is 0.601. The van der Waals surface area contributed by atoms with Gasteiger partial charge in [-0.3, -0.25) is 0 Å². The number of alkyl halides is 1. The van der Waals surface area contributed by atoms with Crippen LogP contribution in [-0.4, -0.2) is 5.33 Å². The number of rotatable bonds is 5.